The number of nitrogen functional groups attached to an aromatic ring is 1. The summed E-state index contributed by atoms with van der Waals surface area (Å²) in [7, 11) is 1.54. The molecule has 5 N–H and O–H groups in total. The number of methoxy groups -OCH3 is 1. The van der Waals surface area contributed by atoms with Crippen LogP contribution < -0.4 is 21.3 Å². The lowest BCUT2D eigenvalue weighted by atomic mass is 10.1. The van der Waals surface area contributed by atoms with Gasteiger partial charge in [0, 0.05) is 18.6 Å². The summed E-state index contributed by atoms with van der Waals surface area (Å²) >= 11 is 0. The Morgan fingerprint density at radius 2 is 2.22 bits per heavy atom. The monoisotopic (exact) mass is 253 g/mol. The molecule has 0 bridgehead atoms. The zero-order valence-corrected chi connectivity index (χ0v) is 10.4. The number of hydrazine groups is 1. The number of aliphatic hydroxyl groups excluding tert-OH is 1. The van der Waals surface area contributed by atoms with Gasteiger partial charge in [0.15, 0.2) is 11.6 Å². The summed E-state index contributed by atoms with van der Waals surface area (Å²) in [4.78, 5) is 8.15. The number of aromatic nitrogens is 2. The molecule has 0 radical (unpaired) electrons. The van der Waals surface area contributed by atoms with Crippen LogP contribution in [0.5, 0.6) is 5.75 Å². The molecular formula is C11H19N5O2. The standard InChI is InChI=1S/C11H19N5O2/c1-18-9-10(13-6-14-11(9)16-12)15-8-4-2-3-7(8)5-17/h6-8,17H,2-5,12H2,1H3,(H2,13,14,15,16). The molecule has 1 aliphatic carbocycles. The Bertz CT molecular complexity index is 401. The Hall–Kier alpha value is -1.60. The molecule has 1 aliphatic rings. The van der Waals surface area contributed by atoms with Crippen LogP contribution in [0.2, 0.25) is 0 Å². The molecule has 0 amide bonds. The number of aliphatic hydroxyl groups is 1. The molecular weight excluding hydrogens is 234 g/mol. The number of ether oxygens (including phenoxy) is 1. The summed E-state index contributed by atoms with van der Waals surface area (Å²) in [5.41, 5.74) is 2.47. The molecule has 1 heterocycles. The van der Waals surface area contributed by atoms with Crippen LogP contribution in [0.15, 0.2) is 6.33 Å². The zero-order valence-electron chi connectivity index (χ0n) is 10.4. The third-order valence-corrected chi connectivity index (χ3v) is 3.36. The Balaban J connectivity index is 2.18. The van der Waals surface area contributed by atoms with Gasteiger partial charge in [-0.25, -0.2) is 15.8 Å². The van der Waals surface area contributed by atoms with Crippen molar-refractivity contribution in [2.75, 3.05) is 24.5 Å². The van der Waals surface area contributed by atoms with Crippen LogP contribution in [0.4, 0.5) is 11.6 Å². The Morgan fingerprint density at radius 3 is 2.89 bits per heavy atom. The predicted octanol–water partition coefficient (Wildman–Crippen LogP) is 0.344. The van der Waals surface area contributed by atoms with Crippen molar-refractivity contribution in [2.24, 2.45) is 11.8 Å². The fraction of sp³-hybridized carbons (Fsp3) is 0.636. The van der Waals surface area contributed by atoms with Gasteiger partial charge in [0.1, 0.15) is 6.33 Å². The van der Waals surface area contributed by atoms with Crippen LogP contribution in [0, 0.1) is 5.92 Å². The topological polar surface area (TPSA) is 105 Å². The Labute approximate surface area is 106 Å². The van der Waals surface area contributed by atoms with Gasteiger partial charge >= 0.3 is 0 Å². The summed E-state index contributed by atoms with van der Waals surface area (Å²) in [6, 6.07) is 0.212. The Kier molecular flexibility index (Phi) is 4.16. The van der Waals surface area contributed by atoms with Crippen LogP contribution >= 0.6 is 0 Å². The molecule has 7 heteroatoms. The molecule has 1 aromatic rings. The minimum absolute atomic E-state index is 0.188. The molecule has 0 spiro atoms. The van der Waals surface area contributed by atoms with Gasteiger partial charge in [-0.1, -0.05) is 6.42 Å². The van der Waals surface area contributed by atoms with Gasteiger partial charge < -0.3 is 20.6 Å². The van der Waals surface area contributed by atoms with E-state index in [9.17, 15) is 5.11 Å². The van der Waals surface area contributed by atoms with Gasteiger partial charge in [-0.15, -0.1) is 0 Å². The molecule has 1 fully saturated rings. The van der Waals surface area contributed by atoms with E-state index in [2.05, 4.69) is 20.7 Å². The highest BCUT2D eigenvalue weighted by Crippen LogP contribution is 2.33. The summed E-state index contributed by atoms with van der Waals surface area (Å²) in [5.74, 6) is 7.16. The quantitative estimate of drug-likeness (QED) is 0.443. The minimum Gasteiger partial charge on any atom is -0.490 e. The van der Waals surface area contributed by atoms with Crippen molar-refractivity contribution in [1.29, 1.82) is 0 Å². The maximum absolute atomic E-state index is 9.31. The first-order valence-electron chi connectivity index (χ1n) is 6.03. The van der Waals surface area contributed by atoms with Crippen molar-refractivity contribution in [3.8, 4) is 5.75 Å². The van der Waals surface area contributed by atoms with Crippen molar-refractivity contribution in [2.45, 2.75) is 25.3 Å². The van der Waals surface area contributed by atoms with E-state index < -0.39 is 0 Å². The molecule has 1 aromatic heterocycles. The molecule has 0 aromatic carbocycles. The van der Waals surface area contributed by atoms with Crippen molar-refractivity contribution >= 4 is 11.6 Å². The lowest BCUT2D eigenvalue weighted by Crippen LogP contribution is -2.27. The number of rotatable bonds is 5. The van der Waals surface area contributed by atoms with Crippen LogP contribution in [0.3, 0.4) is 0 Å². The van der Waals surface area contributed by atoms with Crippen LogP contribution in [-0.2, 0) is 0 Å². The molecule has 2 atom stereocenters. The summed E-state index contributed by atoms with van der Waals surface area (Å²) in [5, 5.41) is 12.6. The van der Waals surface area contributed by atoms with Crippen molar-refractivity contribution in [1.82, 2.24) is 9.97 Å². The predicted molar refractivity (Wildman–Crippen MR) is 68.2 cm³/mol. The molecule has 7 nitrogen and oxygen atoms in total. The van der Waals surface area contributed by atoms with Gasteiger partial charge in [-0.2, -0.15) is 0 Å². The van der Waals surface area contributed by atoms with Crippen LogP contribution in [0.25, 0.3) is 0 Å². The van der Waals surface area contributed by atoms with Crippen LogP contribution in [0.1, 0.15) is 19.3 Å². The van der Waals surface area contributed by atoms with Crippen molar-refractivity contribution < 1.29 is 9.84 Å². The Morgan fingerprint density at radius 1 is 1.44 bits per heavy atom. The van der Waals surface area contributed by atoms with E-state index in [-0.39, 0.29) is 18.6 Å². The number of nitrogens with one attached hydrogen (secondary N) is 2. The number of hydrogen-bond acceptors (Lipinski definition) is 7. The number of hydrogen-bond donors (Lipinski definition) is 4. The van der Waals surface area contributed by atoms with Crippen molar-refractivity contribution in [3.63, 3.8) is 0 Å². The minimum atomic E-state index is 0.188. The first kappa shape index (κ1) is 12.8. The second-order valence-electron chi connectivity index (χ2n) is 4.37. The van der Waals surface area contributed by atoms with Gasteiger partial charge in [-0.3, -0.25) is 0 Å². The molecule has 0 aliphatic heterocycles. The van der Waals surface area contributed by atoms with E-state index in [1.807, 2.05) is 0 Å². The molecule has 18 heavy (non-hydrogen) atoms. The summed E-state index contributed by atoms with van der Waals surface area (Å²) in [6.07, 6.45) is 4.58. The molecule has 2 unspecified atom stereocenters. The lowest BCUT2D eigenvalue weighted by Gasteiger charge is -2.21. The summed E-state index contributed by atoms with van der Waals surface area (Å²) in [6.45, 7) is 0.188. The van der Waals surface area contributed by atoms with E-state index >= 15 is 0 Å². The fourth-order valence-corrected chi connectivity index (χ4v) is 2.39. The highest BCUT2D eigenvalue weighted by molar-refractivity contribution is 5.63. The highest BCUT2D eigenvalue weighted by atomic mass is 16.5. The van der Waals surface area contributed by atoms with E-state index in [1.165, 1.54) is 6.33 Å². The largest absolute Gasteiger partial charge is 0.490 e. The third-order valence-electron chi connectivity index (χ3n) is 3.36. The van der Waals surface area contributed by atoms with Gasteiger partial charge in [0.05, 0.1) is 7.11 Å². The molecule has 1 saturated carbocycles. The highest BCUT2D eigenvalue weighted by Gasteiger charge is 2.28. The second-order valence-corrected chi connectivity index (χ2v) is 4.37. The molecule has 100 valence electrons. The van der Waals surface area contributed by atoms with E-state index in [4.69, 9.17) is 10.6 Å². The summed E-state index contributed by atoms with van der Waals surface area (Å²) < 4.78 is 5.25. The van der Waals surface area contributed by atoms with E-state index in [1.54, 1.807) is 7.11 Å². The first-order chi connectivity index (χ1) is 8.80. The SMILES string of the molecule is COc1c(NN)ncnc1NC1CCCC1CO. The number of nitrogens with two attached hydrogens (primary N) is 1. The van der Waals surface area contributed by atoms with Gasteiger partial charge in [0.2, 0.25) is 5.75 Å². The third kappa shape index (κ3) is 2.46. The van der Waals surface area contributed by atoms with Crippen molar-refractivity contribution in [3.05, 3.63) is 6.33 Å². The molecule has 2 rings (SSSR count). The van der Waals surface area contributed by atoms with E-state index in [0.29, 0.717) is 17.4 Å². The molecule has 0 saturated heterocycles. The number of anilines is 2. The smallest absolute Gasteiger partial charge is 0.205 e. The zero-order chi connectivity index (χ0) is 13.0. The van der Waals surface area contributed by atoms with Gasteiger partial charge in [0.25, 0.3) is 0 Å². The second kappa shape index (κ2) is 5.83. The van der Waals surface area contributed by atoms with Crippen LogP contribution in [-0.4, -0.2) is 34.8 Å². The van der Waals surface area contributed by atoms with Gasteiger partial charge in [-0.05, 0) is 12.8 Å². The number of nitrogens with zero attached hydrogens (tertiary/aromatic N) is 2. The first-order valence-corrected chi connectivity index (χ1v) is 6.03. The maximum Gasteiger partial charge on any atom is 0.205 e. The maximum atomic E-state index is 9.31. The normalized spacial score (nSPS) is 22.8. The van der Waals surface area contributed by atoms with E-state index in [0.717, 1.165) is 19.3 Å². The fourth-order valence-electron chi connectivity index (χ4n) is 2.39. The lowest BCUT2D eigenvalue weighted by molar-refractivity contribution is 0.222. The average Bonchev–Trinajstić information content (AvgIpc) is 2.85. The average molecular weight is 253 g/mol.